The van der Waals surface area contributed by atoms with Gasteiger partial charge in [-0.25, -0.2) is 9.97 Å². The highest BCUT2D eigenvalue weighted by atomic mass is 35.5. The third kappa shape index (κ3) is 3.16. The fourth-order valence-electron chi connectivity index (χ4n) is 0.917. The van der Waals surface area contributed by atoms with E-state index in [1.54, 1.807) is 0 Å². The van der Waals surface area contributed by atoms with Crippen LogP contribution in [0.4, 0.5) is 5.82 Å². The Morgan fingerprint density at radius 2 is 2.06 bits per heavy atom. The van der Waals surface area contributed by atoms with Crippen LogP contribution in [0.1, 0.15) is 6.92 Å². The summed E-state index contributed by atoms with van der Waals surface area (Å²) in [5, 5.41) is 0.112. The van der Waals surface area contributed by atoms with Crippen molar-refractivity contribution in [3.05, 3.63) is 17.5 Å². The zero-order valence-corrected chi connectivity index (χ0v) is 9.56. The van der Waals surface area contributed by atoms with Gasteiger partial charge in [0, 0.05) is 26.4 Å². The van der Waals surface area contributed by atoms with E-state index >= 15 is 0 Å². The Morgan fingerprint density at radius 3 is 2.62 bits per heavy atom. The van der Waals surface area contributed by atoms with E-state index in [-0.39, 0.29) is 17.6 Å². The molecule has 0 aliphatic heterocycles. The van der Waals surface area contributed by atoms with Gasteiger partial charge in [-0.2, -0.15) is 0 Å². The monoisotopic (exact) mass is 243 g/mol. The van der Waals surface area contributed by atoms with Gasteiger partial charge in [0.25, 0.3) is 5.91 Å². The van der Waals surface area contributed by atoms with Gasteiger partial charge in [0.05, 0.1) is 0 Å². The van der Waals surface area contributed by atoms with Crippen molar-refractivity contribution in [2.24, 2.45) is 0 Å². The number of esters is 1. The number of hydrogen-bond donors (Lipinski definition) is 0. The summed E-state index contributed by atoms with van der Waals surface area (Å²) in [4.78, 5) is 30.9. The van der Waals surface area contributed by atoms with E-state index in [0.717, 1.165) is 0 Å². The van der Waals surface area contributed by atoms with Gasteiger partial charge in [0.15, 0.2) is 17.6 Å². The van der Waals surface area contributed by atoms with Crippen LogP contribution in [0.25, 0.3) is 0 Å². The van der Waals surface area contributed by atoms with Gasteiger partial charge in [-0.3, -0.25) is 14.5 Å². The molecule has 1 heterocycles. The Hall–Kier alpha value is -1.69. The first-order chi connectivity index (χ1) is 7.52. The minimum Gasteiger partial charge on any atom is -0.456 e. The summed E-state index contributed by atoms with van der Waals surface area (Å²) < 4.78 is 4.56. The van der Waals surface area contributed by atoms with Gasteiger partial charge in [-0.15, -0.1) is 0 Å². The number of aromatic nitrogens is 2. The molecule has 7 heteroatoms. The fourth-order valence-corrected chi connectivity index (χ4v) is 1.15. The van der Waals surface area contributed by atoms with Crippen molar-refractivity contribution in [2.75, 3.05) is 18.6 Å². The molecule has 16 heavy (non-hydrogen) atoms. The Bertz CT molecular complexity index is 411. The number of amides is 1. The van der Waals surface area contributed by atoms with Crippen LogP contribution in [0.5, 0.6) is 0 Å². The molecular weight excluding hydrogens is 234 g/mol. The topological polar surface area (TPSA) is 72.4 Å². The van der Waals surface area contributed by atoms with Crippen molar-refractivity contribution in [1.82, 2.24) is 9.97 Å². The summed E-state index contributed by atoms with van der Waals surface area (Å²) in [6.45, 7) is 0.876. The lowest BCUT2D eigenvalue weighted by Gasteiger charge is -2.16. The summed E-state index contributed by atoms with van der Waals surface area (Å²) in [6.07, 6.45) is 2.83. The highest BCUT2D eigenvalue weighted by Crippen LogP contribution is 2.18. The van der Waals surface area contributed by atoms with E-state index in [2.05, 4.69) is 14.7 Å². The number of carbonyl (C=O) groups is 2. The maximum atomic E-state index is 11.5. The summed E-state index contributed by atoms with van der Waals surface area (Å²) in [7, 11) is 1.47. The zero-order chi connectivity index (χ0) is 12.1. The minimum absolute atomic E-state index is 0.112. The molecule has 0 N–H and O–H groups in total. The van der Waals surface area contributed by atoms with Crippen molar-refractivity contribution in [3.8, 4) is 0 Å². The molecule has 6 nitrogen and oxygen atoms in total. The molecule has 0 saturated heterocycles. The highest BCUT2D eigenvalue weighted by molar-refractivity contribution is 6.32. The lowest BCUT2D eigenvalue weighted by Crippen LogP contribution is -2.31. The summed E-state index contributed by atoms with van der Waals surface area (Å²) in [5.41, 5.74) is 0. The molecule has 0 unspecified atom stereocenters. The van der Waals surface area contributed by atoms with E-state index in [0.29, 0.717) is 0 Å². The molecule has 0 aliphatic carbocycles. The van der Waals surface area contributed by atoms with E-state index in [4.69, 9.17) is 11.6 Å². The van der Waals surface area contributed by atoms with E-state index in [1.165, 1.54) is 31.3 Å². The quantitative estimate of drug-likeness (QED) is 0.729. The second-order valence-corrected chi connectivity index (χ2v) is 3.26. The molecule has 0 aliphatic rings. The van der Waals surface area contributed by atoms with Crippen LogP contribution in [-0.2, 0) is 14.3 Å². The first-order valence-electron chi connectivity index (χ1n) is 4.38. The standard InChI is InChI=1S/C9H10ClN3O3/c1-6(14)16-5-7(15)13(2)9-8(10)11-3-4-12-9/h3-4H,5H2,1-2H3. The Balaban J connectivity index is 2.71. The van der Waals surface area contributed by atoms with Crippen LogP contribution in [0, 0.1) is 0 Å². The van der Waals surface area contributed by atoms with Gasteiger partial charge in [-0.1, -0.05) is 11.6 Å². The highest BCUT2D eigenvalue weighted by Gasteiger charge is 2.16. The number of rotatable bonds is 3. The first kappa shape index (κ1) is 12.4. The molecule has 1 aromatic rings. The van der Waals surface area contributed by atoms with E-state index in [9.17, 15) is 9.59 Å². The van der Waals surface area contributed by atoms with E-state index < -0.39 is 11.9 Å². The van der Waals surface area contributed by atoms with Crippen molar-refractivity contribution in [3.63, 3.8) is 0 Å². The molecule has 1 aromatic heterocycles. The van der Waals surface area contributed by atoms with Gasteiger partial charge in [0.2, 0.25) is 0 Å². The van der Waals surface area contributed by atoms with E-state index in [1.807, 2.05) is 0 Å². The van der Waals surface area contributed by atoms with Crippen molar-refractivity contribution in [1.29, 1.82) is 0 Å². The average molecular weight is 244 g/mol. The third-order valence-electron chi connectivity index (χ3n) is 1.73. The molecule has 1 amide bonds. The predicted octanol–water partition coefficient (Wildman–Crippen LogP) is 0.656. The van der Waals surface area contributed by atoms with Crippen LogP contribution in [0.2, 0.25) is 5.15 Å². The maximum absolute atomic E-state index is 11.5. The van der Waals surface area contributed by atoms with Crippen LogP contribution >= 0.6 is 11.6 Å². The predicted molar refractivity (Wildman–Crippen MR) is 57.1 cm³/mol. The SMILES string of the molecule is CC(=O)OCC(=O)N(C)c1nccnc1Cl. The molecule has 1 rings (SSSR count). The molecule has 0 atom stereocenters. The zero-order valence-electron chi connectivity index (χ0n) is 8.81. The number of likely N-dealkylation sites (N-methyl/N-ethyl adjacent to an activating group) is 1. The Labute approximate surface area is 97.2 Å². The lowest BCUT2D eigenvalue weighted by atomic mass is 10.5. The number of hydrogen-bond acceptors (Lipinski definition) is 5. The Kier molecular flexibility index (Phi) is 4.19. The second kappa shape index (κ2) is 5.41. The van der Waals surface area contributed by atoms with Crippen molar-refractivity contribution in [2.45, 2.75) is 6.92 Å². The van der Waals surface area contributed by atoms with Crippen molar-refractivity contribution < 1.29 is 14.3 Å². The second-order valence-electron chi connectivity index (χ2n) is 2.90. The molecule has 0 aromatic carbocycles. The maximum Gasteiger partial charge on any atom is 0.303 e. The molecule has 0 fully saturated rings. The van der Waals surface area contributed by atoms with Crippen LogP contribution < -0.4 is 4.90 Å². The summed E-state index contributed by atoms with van der Waals surface area (Å²) in [5.74, 6) is -0.731. The number of halogens is 1. The van der Waals surface area contributed by atoms with Gasteiger partial charge in [0.1, 0.15) is 0 Å². The molecule has 86 valence electrons. The normalized spacial score (nSPS) is 9.69. The first-order valence-corrected chi connectivity index (χ1v) is 4.76. The van der Waals surface area contributed by atoms with Crippen LogP contribution in [0.15, 0.2) is 12.4 Å². The molecule has 0 radical (unpaired) electrons. The van der Waals surface area contributed by atoms with Crippen LogP contribution in [0.3, 0.4) is 0 Å². The van der Waals surface area contributed by atoms with Gasteiger partial charge < -0.3 is 4.74 Å². The number of carbonyl (C=O) groups excluding carboxylic acids is 2. The third-order valence-corrected chi connectivity index (χ3v) is 1.99. The molecule has 0 bridgehead atoms. The molecule has 0 spiro atoms. The largest absolute Gasteiger partial charge is 0.456 e. The average Bonchev–Trinajstić information content (AvgIpc) is 2.25. The summed E-state index contributed by atoms with van der Waals surface area (Å²) in [6, 6.07) is 0. The number of ether oxygens (including phenoxy) is 1. The fraction of sp³-hybridized carbons (Fsp3) is 0.333. The Morgan fingerprint density at radius 1 is 1.44 bits per heavy atom. The van der Waals surface area contributed by atoms with Gasteiger partial charge in [-0.05, 0) is 0 Å². The number of nitrogens with zero attached hydrogens (tertiary/aromatic N) is 3. The summed E-state index contributed by atoms with van der Waals surface area (Å²) >= 11 is 5.75. The molecule has 0 saturated carbocycles. The molecular formula is C9H10ClN3O3. The minimum atomic E-state index is -0.521. The van der Waals surface area contributed by atoms with Gasteiger partial charge >= 0.3 is 5.97 Å². The smallest absolute Gasteiger partial charge is 0.303 e. The number of anilines is 1. The lowest BCUT2D eigenvalue weighted by molar-refractivity contribution is -0.145. The van der Waals surface area contributed by atoms with Crippen molar-refractivity contribution >= 4 is 29.3 Å². The van der Waals surface area contributed by atoms with Crippen LogP contribution in [-0.4, -0.2) is 35.5 Å².